The van der Waals surface area contributed by atoms with Gasteiger partial charge in [0.25, 0.3) is 0 Å². The molecule has 1 unspecified atom stereocenters. The predicted octanol–water partition coefficient (Wildman–Crippen LogP) is 4.42. The summed E-state index contributed by atoms with van der Waals surface area (Å²) in [6, 6.07) is 6.92. The molecule has 3 nitrogen and oxygen atoms in total. The van der Waals surface area contributed by atoms with Crippen LogP contribution in [-0.2, 0) is 0 Å². The monoisotopic (exact) mass is 285 g/mol. The summed E-state index contributed by atoms with van der Waals surface area (Å²) in [7, 11) is 0. The quantitative estimate of drug-likeness (QED) is 0.842. The second-order valence-corrected chi connectivity index (χ2v) is 6.94. The molecule has 0 spiro atoms. The summed E-state index contributed by atoms with van der Waals surface area (Å²) >= 11 is 0. The fourth-order valence-electron chi connectivity index (χ4n) is 4.20. The second kappa shape index (κ2) is 5.78. The van der Waals surface area contributed by atoms with Crippen molar-refractivity contribution in [3.05, 3.63) is 18.2 Å². The minimum atomic E-state index is 0.455. The first-order valence-corrected chi connectivity index (χ1v) is 8.82. The molecule has 3 heteroatoms. The Balaban J connectivity index is 1.47. The lowest BCUT2D eigenvalue weighted by molar-refractivity contribution is 0.336. The minimum absolute atomic E-state index is 0.455. The zero-order valence-corrected chi connectivity index (χ0v) is 12.9. The molecule has 2 aliphatic heterocycles. The third-order valence-electron chi connectivity index (χ3n) is 5.47. The van der Waals surface area contributed by atoms with Crippen molar-refractivity contribution in [2.24, 2.45) is 5.92 Å². The summed E-state index contributed by atoms with van der Waals surface area (Å²) in [6.07, 6.45) is 11.5. The number of nitrogens with zero attached hydrogens (tertiary/aromatic N) is 1. The van der Waals surface area contributed by atoms with Gasteiger partial charge < -0.3 is 15.5 Å². The molecule has 0 bridgehead atoms. The third-order valence-corrected chi connectivity index (χ3v) is 5.47. The largest absolute Gasteiger partial charge is 0.371 e. The van der Waals surface area contributed by atoms with Gasteiger partial charge in [-0.3, -0.25) is 0 Å². The van der Waals surface area contributed by atoms with Gasteiger partial charge in [-0.05, 0) is 56.2 Å². The van der Waals surface area contributed by atoms with Crippen LogP contribution in [0, 0.1) is 5.92 Å². The highest BCUT2D eigenvalue weighted by Crippen LogP contribution is 2.38. The summed E-state index contributed by atoms with van der Waals surface area (Å²) in [5.41, 5.74) is 4.01. The van der Waals surface area contributed by atoms with Gasteiger partial charge in [0.15, 0.2) is 0 Å². The Hall–Kier alpha value is -1.38. The van der Waals surface area contributed by atoms with Gasteiger partial charge in [-0.1, -0.05) is 19.3 Å². The van der Waals surface area contributed by atoms with E-state index in [9.17, 15) is 0 Å². The van der Waals surface area contributed by atoms with Crippen LogP contribution in [0.5, 0.6) is 0 Å². The fraction of sp³-hybridized carbons (Fsp3) is 0.667. The standard InChI is InChI=1S/C18H27N3/c1-3-7-14(8-4-1)18-19-16-10-9-15(13-17(16)20-18)21-11-5-2-6-12-21/h9-10,13-14,18-20H,1-8,11-12H2. The number of rotatable bonds is 2. The Morgan fingerprint density at radius 3 is 2.33 bits per heavy atom. The predicted molar refractivity (Wildman–Crippen MR) is 90.1 cm³/mol. The van der Waals surface area contributed by atoms with Crippen molar-refractivity contribution in [2.45, 2.75) is 57.5 Å². The molecule has 1 atom stereocenters. The minimum Gasteiger partial charge on any atom is -0.371 e. The van der Waals surface area contributed by atoms with Crippen LogP contribution in [0.3, 0.4) is 0 Å². The van der Waals surface area contributed by atoms with Gasteiger partial charge in [-0.25, -0.2) is 0 Å². The Morgan fingerprint density at radius 1 is 0.810 bits per heavy atom. The molecule has 2 N–H and O–H groups in total. The number of fused-ring (bicyclic) bond motifs is 1. The van der Waals surface area contributed by atoms with E-state index in [1.165, 1.54) is 81.5 Å². The van der Waals surface area contributed by atoms with Crippen molar-refractivity contribution in [2.75, 3.05) is 28.6 Å². The van der Waals surface area contributed by atoms with Crippen molar-refractivity contribution in [1.29, 1.82) is 0 Å². The maximum Gasteiger partial charge on any atom is 0.0993 e. The third kappa shape index (κ3) is 2.70. The molecule has 1 saturated heterocycles. The maximum absolute atomic E-state index is 3.75. The highest BCUT2D eigenvalue weighted by atomic mass is 15.2. The normalized spacial score (nSPS) is 26.1. The first-order valence-electron chi connectivity index (χ1n) is 8.82. The average Bonchev–Trinajstić information content (AvgIpc) is 2.99. The van der Waals surface area contributed by atoms with E-state index in [1.807, 2.05) is 0 Å². The van der Waals surface area contributed by atoms with E-state index in [-0.39, 0.29) is 0 Å². The Labute approximate surface area is 128 Å². The van der Waals surface area contributed by atoms with Gasteiger partial charge in [0, 0.05) is 18.8 Å². The van der Waals surface area contributed by atoms with E-state index in [1.54, 1.807) is 0 Å². The summed E-state index contributed by atoms with van der Waals surface area (Å²) in [5, 5.41) is 7.45. The summed E-state index contributed by atoms with van der Waals surface area (Å²) in [4.78, 5) is 2.54. The lowest BCUT2D eigenvalue weighted by atomic mass is 9.87. The van der Waals surface area contributed by atoms with E-state index in [0.29, 0.717) is 6.17 Å². The zero-order valence-electron chi connectivity index (χ0n) is 12.9. The fourth-order valence-corrected chi connectivity index (χ4v) is 4.20. The van der Waals surface area contributed by atoms with Gasteiger partial charge in [0.1, 0.15) is 0 Å². The summed E-state index contributed by atoms with van der Waals surface area (Å²) in [6.45, 7) is 2.44. The van der Waals surface area contributed by atoms with Crippen LogP contribution in [0.4, 0.5) is 17.1 Å². The Kier molecular flexibility index (Phi) is 3.66. The molecule has 0 amide bonds. The van der Waals surface area contributed by atoms with Crippen LogP contribution < -0.4 is 15.5 Å². The van der Waals surface area contributed by atoms with E-state index in [0.717, 1.165) is 5.92 Å². The van der Waals surface area contributed by atoms with Crippen molar-refractivity contribution in [3.63, 3.8) is 0 Å². The molecule has 4 rings (SSSR count). The van der Waals surface area contributed by atoms with Crippen LogP contribution in [-0.4, -0.2) is 19.3 Å². The molecule has 114 valence electrons. The van der Waals surface area contributed by atoms with Gasteiger partial charge in [0.05, 0.1) is 17.5 Å². The molecule has 3 aliphatic rings. The maximum atomic E-state index is 3.75. The molecule has 1 aromatic carbocycles. The topological polar surface area (TPSA) is 27.3 Å². The highest BCUT2D eigenvalue weighted by Gasteiger charge is 2.29. The van der Waals surface area contributed by atoms with E-state index >= 15 is 0 Å². The number of nitrogens with one attached hydrogen (secondary N) is 2. The van der Waals surface area contributed by atoms with Gasteiger partial charge in [-0.2, -0.15) is 0 Å². The lowest BCUT2D eigenvalue weighted by Crippen LogP contribution is -2.33. The van der Waals surface area contributed by atoms with E-state index in [4.69, 9.17) is 0 Å². The molecule has 1 aliphatic carbocycles. The molecular formula is C18H27N3. The Bertz CT molecular complexity index is 487. The molecule has 2 heterocycles. The van der Waals surface area contributed by atoms with Crippen LogP contribution in [0.25, 0.3) is 0 Å². The molecular weight excluding hydrogens is 258 g/mol. The number of hydrogen-bond acceptors (Lipinski definition) is 3. The van der Waals surface area contributed by atoms with Crippen molar-refractivity contribution in [1.82, 2.24) is 0 Å². The number of benzene rings is 1. The SMILES string of the molecule is c1cc2c(cc1N1CCCCC1)NC(C1CCCCC1)N2. The van der Waals surface area contributed by atoms with Gasteiger partial charge in [-0.15, -0.1) is 0 Å². The first-order chi connectivity index (χ1) is 10.4. The number of hydrogen-bond donors (Lipinski definition) is 2. The van der Waals surface area contributed by atoms with Crippen LogP contribution in [0.15, 0.2) is 18.2 Å². The van der Waals surface area contributed by atoms with E-state index < -0.39 is 0 Å². The van der Waals surface area contributed by atoms with Crippen LogP contribution in [0.1, 0.15) is 51.4 Å². The van der Waals surface area contributed by atoms with Crippen molar-refractivity contribution < 1.29 is 0 Å². The highest BCUT2D eigenvalue weighted by molar-refractivity contribution is 5.78. The van der Waals surface area contributed by atoms with Gasteiger partial charge in [0.2, 0.25) is 0 Å². The summed E-state index contributed by atoms with van der Waals surface area (Å²) < 4.78 is 0. The number of anilines is 3. The average molecular weight is 285 g/mol. The summed E-state index contributed by atoms with van der Waals surface area (Å²) in [5.74, 6) is 0.796. The molecule has 1 aromatic rings. The lowest BCUT2D eigenvalue weighted by Gasteiger charge is -2.29. The van der Waals surface area contributed by atoms with Crippen molar-refractivity contribution in [3.8, 4) is 0 Å². The Morgan fingerprint density at radius 2 is 1.52 bits per heavy atom. The van der Waals surface area contributed by atoms with E-state index in [2.05, 4.69) is 33.7 Å². The van der Waals surface area contributed by atoms with Crippen LogP contribution in [0.2, 0.25) is 0 Å². The number of piperidine rings is 1. The smallest absolute Gasteiger partial charge is 0.0993 e. The molecule has 21 heavy (non-hydrogen) atoms. The molecule has 1 saturated carbocycles. The first kappa shape index (κ1) is 13.3. The van der Waals surface area contributed by atoms with Gasteiger partial charge >= 0.3 is 0 Å². The second-order valence-electron chi connectivity index (χ2n) is 6.94. The molecule has 0 aromatic heterocycles. The van der Waals surface area contributed by atoms with Crippen LogP contribution >= 0.6 is 0 Å². The molecule has 2 fully saturated rings. The van der Waals surface area contributed by atoms with Crippen molar-refractivity contribution >= 4 is 17.1 Å². The molecule has 0 radical (unpaired) electrons. The zero-order chi connectivity index (χ0) is 14.1.